The number of carbonyl (C=O) groups is 1. The van der Waals surface area contributed by atoms with Crippen molar-refractivity contribution in [1.82, 2.24) is 10.3 Å². The molecule has 4 nitrogen and oxygen atoms in total. The number of oxazole rings is 1. The molecule has 116 valence electrons. The molecular formula is C19H18N2O2. The second kappa shape index (κ2) is 6.92. The van der Waals surface area contributed by atoms with Crippen molar-refractivity contribution in [3.8, 4) is 11.5 Å². The highest BCUT2D eigenvalue weighted by Crippen LogP contribution is 2.17. The molecule has 0 radical (unpaired) electrons. The standard InChI is InChI=1S/C19H18N2O2/c1-14-7-5-6-10-17(14)18(22)20-12-11-16-13-23-19(21-16)15-8-3-2-4-9-15/h2-10,13H,11-12H2,1H3,(H,20,22). The van der Waals surface area contributed by atoms with Crippen LogP contribution in [0.2, 0.25) is 0 Å². The van der Waals surface area contributed by atoms with E-state index in [0.29, 0.717) is 24.4 Å². The molecule has 0 saturated heterocycles. The van der Waals surface area contributed by atoms with Gasteiger partial charge in [-0.2, -0.15) is 0 Å². The molecule has 0 aliphatic carbocycles. The van der Waals surface area contributed by atoms with E-state index in [2.05, 4.69) is 10.3 Å². The van der Waals surface area contributed by atoms with Crippen molar-refractivity contribution in [2.24, 2.45) is 0 Å². The number of nitrogens with one attached hydrogen (secondary N) is 1. The van der Waals surface area contributed by atoms with E-state index in [4.69, 9.17) is 4.42 Å². The van der Waals surface area contributed by atoms with Gasteiger partial charge in [0.2, 0.25) is 5.89 Å². The largest absolute Gasteiger partial charge is 0.444 e. The van der Waals surface area contributed by atoms with E-state index in [-0.39, 0.29) is 5.91 Å². The summed E-state index contributed by atoms with van der Waals surface area (Å²) in [5.41, 5.74) is 3.45. The number of aromatic nitrogens is 1. The van der Waals surface area contributed by atoms with Crippen LogP contribution in [0.5, 0.6) is 0 Å². The molecule has 1 N–H and O–H groups in total. The third-order valence-electron chi connectivity index (χ3n) is 3.63. The lowest BCUT2D eigenvalue weighted by Gasteiger charge is -2.06. The normalized spacial score (nSPS) is 10.5. The zero-order valence-corrected chi connectivity index (χ0v) is 13.0. The van der Waals surface area contributed by atoms with Gasteiger partial charge < -0.3 is 9.73 Å². The van der Waals surface area contributed by atoms with Gasteiger partial charge in [0.1, 0.15) is 6.26 Å². The van der Waals surface area contributed by atoms with Crippen molar-refractivity contribution < 1.29 is 9.21 Å². The first kappa shape index (κ1) is 15.0. The molecule has 23 heavy (non-hydrogen) atoms. The second-order valence-electron chi connectivity index (χ2n) is 5.33. The molecule has 0 saturated carbocycles. The minimum Gasteiger partial charge on any atom is -0.444 e. The molecule has 1 amide bonds. The molecule has 3 aromatic rings. The summed E-state index contributed by atoms with van der Waals surface area (Å²) in [5, 5.41) is 2.92. The van der Waals surface area contributed by atoms with Crippen LogP contribution < -0.4 is 5.32 Å². The summed E-state index contributed by atoms with van der Waals surface area (Å²) in [7, 11) is 0. The Kier molecular flexibility index (Phi) is 4.52. The second-order valence-corrected chi connectivity index (χ2v) is 5.33. The Morgan fingerprint density at radius 1 is 1.09 bits per heavy atom. The zero-order valence-electron chi connectivity index (χ0n) is 13.0. The lowest BCUT2D eigenvalue weighted by molar-refractivity contribution is 0.0953. The van der Waals surface area contributed by atoms with Crippen molar-refractivity contribution in [1.29, 1.82) is 0 Å². The average molecular weight is 306 g/mol. The molecule has 0 spiro atoms. The van der Waals surface area contributed by atoms with Gasteiger partial charge in [0, 0.05) is 24.1 Å². The number of aryl methyl sites for hydroxylation is 1. The number of amides is 1. The quantitative estimate of drug-likeness (QED) is 0.783. The Hall–Kier alpha value is -2.88. The number of carbonyl (C=O) groups excluding carboxylic acids is 1. The van der Waals surface area contributed by atoms with Crippen LogP contribution in [0.1, 0.15) is 21.6 Å². The van der Waals surface area contributed by atoms with Gasteiger partial charge in [0.25, 0.3) is 5.91 Å². The van der Waals surface area contributed by atoms with Crippen LogP contribution in [0.4, 0.5) is 0 Å². The number of nitrogens with zero attached hydrogens (tertiary/aromatic N) is 1. The molecule has 4 heteroatoms. The van der Waals surface area contributed by atoms with Crippen LogP contribution >= 0.6 is 0 Å². The fraction of sp³-hybridized carbons (Fsp3) is 0.158. The van der Waals surface area contributed by atoms with Gasteiger partial charge >= 0.3 is 0 Å². The highest BCUT2D eigenvalue weighted by atomic mass is 16.3. The third-order valence-corrected chi connectivity index (χ3v) is 3.63. The number of rotatable bonds is 5. The lowest BCUT2D eigenvalue weighted by Crippen LogP contribution is -2.26. The van der Waals surface area contributed by atoms with Gasteiger partial charge in [-0.15, -0.1) is 0 Å². The topological polar surface area (TPSA) is 55.1 Å². The van der Waals surface area contributed by atoms with E-state index < -0.39 is 0 Å². The van der Waals surface area contributed by atoms with Crippen LogP contribution in [-0.4, -0.2) is 17.4 Å². The number of hydrogen-bond acceptors (Lipinski definition) is 3. The highest BCUT2D eigenvalue weighted by Gasteiger charge is 2.09. The molecule has 1 aromatic heterocycles. The average Bonchev–Trinajstić information content (AvgIpc) is 3.05. The minimum atomic E-state index is -0.0603. The van der Waals surface area contributed by atoms with Crippen molar-refractivity contribution >= 4 is 5.91 Å². The summed E-state index contributed by atoms with van der Waals surface area (Å²) >= 11 is 0. The molecule has 0 unspecified atom stereocenters. The molecule has 0 fully saturated rings. The van der Waals surface area contributed by atoms with E-state index >= 15 is 0 Å². The molecule has 3 rings (SSSR count). The summed E-state index contributed by atoms with van der Waals surface area (Å²) in [6.45, 7) is 2.45. The Bertz CT molecular complexity index is 794. The fourth-order valence-electron chi connectivity index (χ4n) is 2.36. The van der Waals surface area contributed by atoms with Crippen LogP contribution in [-0.2, 0) is 6.42 Å². The molecule has 0 aliphatic heterocycles. The molecule has 1 heterocycles. The summed E-state index contributed by atoms with van der Waals surface area (Å²) < 4.78 is 5.49. The van der Waals surface area contributed by atoms with Crippen LogP contribution in [0.3, 0.4) is 0 Å². The summed E-state index contributed by atoms with van der Waals surface area (Å²) in [6, 6.07) is 17.3. The zero-order chi connectivity index (χ0) is 16.1. The van der Waals surface area contributed by atoms with E-state index in [0.717, 1.165) is 16.8 Å². The van der Waals surface area contributed by atoms with Crippen molar-refractivity contribution in [3.05, 3.63) is 77.7 Å². The first-order valence-electron chi connectivity index (χ1n) is 7.57. The van der Waals surface area contributed by atoms with Crippen LogP contribution in [0.15, 0.2) is 65.3 Å². The van der Waals surface area contributed by atoms with E-state index in [1.165, 1.54) is 0 Å². The van der Waals surface area contributed by atoms with E-state index in [1.807, 2.05) is 61.5 Å². The molecule has 2 aromatic carbocycles. The molecule has 0 bridgehead atoms. The van der Waals surface area contributed by atoms with Gasteiger partial charge in [-0.25, -0.2) is 4.98 Å². The minimum absolute atomic E-state index is 0.0603. The van der Waals surface area contributed by atoms with Crippen LogP contribution in [0, 0.1) is 6.92 Å². The Balaban J connectivity index is 1.56. The maximum Gasteiger partial charge on any atom is 0.251 e. The van der Waals surface area contributed by atoms with Gasteiger partial charge in [-0.3, -0.25) is 4.79 Å². The Morgan fingerprint density at radius 2 is 1.83 bits per heavy atom. The Labute approximate surface area is 135 Å². The van der Waals surface area contributed by atoms with Gasteiger partial charge in [-0.05, 0) is 30.7 Å². The predicted molar refractivity (Wildman–Crippen MR) is 89.2 cm³/mol. The summed E-state index contributed by atoms with van der Waals surface area (Å²) in [4.78, 5) is 16.6. The monoisotopic (exact) mass is 306 g/mol. The summed E-state index contributed by atoms with van der Waals surface area (Å²) in [5.74, 6) is 0.542. The number of hydrogen-bond donors (Lipinski definition) is 1. The molecular weight excluding hydrogens is 288 g/mol. The van der Waals surface area contributed by atoms with E-state index in [9.17, 15) is 4.79 Å². The maximum atomic E-state index is 12.1. The fourth-order valence-corrected chi connectivity index (χ4v) is 2.36. The van der Waals surface area contributed by atoms with Gasteiger partial charge in [-0.1, -0.05) is 36.4 Å². The lowest BCUT2D eigenvalue weighted by atomic mass is 10.1. The van der Waals surface area contributed by atoms with Crippen molar-refractivity contribution in [2.45, 2.75) is 13.3 Å². The predicted octanol–water partition coefficient (Wildman–Crippen LogP) is 3.62. The van der Waals surface area contributed by atoms with Gasteiger partial charge in [0.05, 0.1) is 5.69 Å². The summed E-state index contributed by atoms with van der Waals surface area (Å²) in [6.07, 6.45) is 2.27. The third kappa shape index (κ3) is 3.66. The SMILES string of the molecule is Cc1ccccc1C(=O)NCCc1coc(-c2ccccc2)n1. The first-order chi connectivity index (χ1) is 11.2. The first-order valence-corrected chi connectivity index (χ1v) is 7.57. The van der Waals surface area contributed by atoms with Crippen molar-refractivity contribution in [3.63, 3.8) is 0 Å². The highest BCUT2D eigenvalue weighted by molar-refractivity contribution is 5.95. The van der Waals surface area contributed by atoms with Crippen molar-refractivity contribution in [2.75, 3.05) is 6.54 Å². The maximum absolute atomic E-state index is 12.1. The Morgan fingerprint density at radius 3 is 2.61 bits per heavy atom. The van der Waals surface area contributed by atoms with Crippen LogP contribution in [0.25, 0.3) is 11.5 Å². The van der Waals surface area contributed by atoms with Gasteiger partial charge in [0.15, 0.2) is 0 Å². The smallest absolute Gasteiger partial charge is 0.251 e. The molecule has 0 aliphatic rings. The van der Waals surface area contributed by atoms with E-state index in [1.54, 1.807) is 6.26 Å². The number of benzene rings is 2. The molecule has 0 atom stereocenters.